The van der Waals surface area contributed by atoms with Crippen LogP contribution in [0.5, 0.6) is 0 Å². The molecule has 1 heterocycles. The lowest BCUT2D eigenvalue weighted by Gasteiger charge is -2.37. The zero-order valence-electron chi connectivity index (χ0n) is 17.2. The zero-order chi connectivity index (χ0) is 21.7. The first kappa shape index (κ1) is 21.3. The maximum Gasteiger partial charge on any atom is 0.324 e. The molecule has 0 radical (unpaired) electrons. The van der Waals surface area contributed by atoms with Crippen LogP contribution in [0.2, 0.25) is 0 Å². The molecule has 0 bridgehead atoms. The summed E-state index contributed by atoms with van der Waals surface area (Å²) in [5.41, 5.74) is 4.61. The fourth-order valence-corrected chi connectivity index (χ4v) is 3.46. The van der Waals surface area contributed by atoms with E-state index in [2.05, 4.69) is 0 Å². The molecule has 1 fully saturated rings. The number of amides is 4. The van der Waals surface area contributed by atoms with Gasteiger partial charge in [-0.25, -0.2) is 10.3 Å². The number of benzene rings is 2. The summed E-state index contributed by atoms with van der Waals surface area (Å²) < 4.78 is 0. The maximum atomic E-state index is 13.4. The van der Waals surface area contributed by atoms with Gasteiger partial charge in [0.25, 0.3) is 5.91 Å². The molecule has 8 heteroatoms. The van der Waals surface area contributed by atoms with E-state index in [0.717, 1.165) is 16.8 Å². The number of urea groups is 1. The summed E-state index contributed by atoms with van der Waals surface area (Å²) in [6, 6.07) is 14.3. The summed E-state index contributed by atoms with van der Waals surface area (Å²) >= 11 is 0. The third kappa shape index (κ3) is 4.96. The Hall–Kier alpha value is -3.39. The minimum atomic E-state index is -0.587. The summed E-state index contributed by atoms with van der Waals surface area (Å²) in [7, 11) is 0. The van der Waals surface area contributed by atoms with Gasteiger partial charge in [-0.1, -0.05) is 24.3 Å². The Balaban J connectivity index is 1.81. The first-order chi connectivity index (χ1) is 14.4. The van der Waals surface area contributed by atoms with Crippen molar-refractivity contribution in [3.05, 3.63) is 65.2 Å². The van der Waals surface area contributed by atoms with Crippen LogP contribution < -0.4 is 10.4 Å². The van der Waals surface area contributed by atoms with Crippen LogP contribution in [0.3, 0.4) is 0 Å². The number of anilines is 1. The summed E-state index contributed by atoms with van der Waals surface area (Å²) in [4.78, 5) is 41.7. The largest absolute Gasteiger partial charge is 0.339 e. The average Bonchev–Trinajstić information content (AvgIpc) is 2.77. The van der Waals surface area contributed by atoms with Crippen molar-refractivity contribution in [2.24, 2.45) is 0 Å². The fraction of sp³-hybridized carbons (Fsp3) is 0.318. The van der Waals surface area contributed by atoms with E-state index in [1.807, 2.05) is 31.2 Å². The van der Waals surface area contributed by atoms with E-state index >= 15 is 0 Å². The number of hydrogen-bond acceptors (Lipinski definition) is 4. The summed E-state index contributed by atoms with van der Waals surface area (Å²) in [6.45, 7) is 5.85. The van der Waals surface area contributed by atoms with Gasteiger partial charge in [0.1, 0.15) is 0 Å². The van der Waals surface area contributed by atoms with Crippen LogP contribution in [0.15, 0.2) is 48.5 Å². The van der Waals surface area contributed by atoms with Gasteiger partial charge < -0.3 is 9.80 Å². The summed E-state index contributed by atoms with van der Waals surface area (Å²) in [5.74, 6) is -0.568. The number of nitrogens with one attached hydrogen (secondary N) is 1. The Bertz CT molecular complexity index is 921. The van der Waals surface area contributed by atoms with E-state index in [-0.39, 0.29) is 11.9 Å². The van der Waals surface area contributed by atoms with Crippen LogP contribution in [-0.2, 0) is 11.3 Å². The number of aryl methyl sites for hydroxylation is 1. The molecule has 2 aromatic rings. The van der Waals surface area contributed by atoms with Crippen molar-refractivity contribution < 1.29 is 19.6 Å². The topological polar surface area (TPSA) is 93.2 Å². The average molecular weight is 410 g/mol. The third-order valence-electron chi connectivity index (χ3n) is 5.20. The van der Waals surface area contributed by atoms with Crippen molar-refractivity contribution in [3.8, 4) is 0 Å². The van der Waals surface area contributed by atoms with Crippen molar-refractivity contribution in [2.75, 3.05) is 31.1 Å². The second kappa shape index (κ2) is 9.41. The SMILES string of the molecule is CC(=O)N1CCN(C(=O)N(Cc2ccc(C(=O)NO)cc2)c2cccc(C)c2)CC1. The minimum Gasteiger partial charge on any atom is -0.339 e. The molecule has 2 aromatic carbocycles. The Kier molecular flexibility index (Phi) is 6.68. The van der Waals surface area contributed by atoms with Gasteiger partial charge in [0.2, 0.25) is 5.91 Å². The number of hydroxylamine groups is 1. The molecule has 30 heavy (non-hydrogen) atoms. The standard InChI is InChI=1S/C22H26N4O4/c1-16-4-3-5-20(14-16)26(15-18-6-8-19(9-7-18)21(28)23-30)22(29)25-12-10-24(11-13-25)17(2)27/h3-9,14,30H,10-13,15H2,1-2H3,(H,23,28). The van der Waals surface area contributed by atoms with Gasteiger partial charge in [-0.05, 0) is 42.3 Å². The van der Waals surface area contributed by atoms with Crippen molar-refractivity contribution in [3.63, 3.8) is 0 Å². The molecule has 1 aliphatic heterocycles. The third-order valence-corrected chi connectivity index (χ3v) is 5.20. The minimum absolute atomic E-state index is 0.0182. The van der Waals surface area contributed by atoms with Gasteiger partial charge in [0, 0.05) is 44.4 Å². The highest BCUT2D eigenvalue weighted by Gasteiger charge is 2.27. The molecule has 0 atom stereocenters. The normalized spacial score (nSPS) is 13.7. The van der Waals surface area contributed by atoms with Gasteiger partial charge in [-0.2, -0.15) is 0 Å². The second-order valence-corrected chi connectivity index (χ2v) is 7.34. The predicted octanol–water partition coefficient (Wildman–Crippen LogP) is 2.40. The van der Waals surface area contributed by atoms with Crippen LogP contribution in [-0.4, -0.2) is 59.0 Å². The van der Waals surface area contributed by atoms with Crippen molar-refractivity contribution in [1.29, 1.82) is 0 Å². The molecule has 3 rings (SSSR count). The number of nitrogens with zero attached hydrogens (tertiary/aromatic N) is 3. The molecule has 0 unspecified atom stereocenters. The molecule has 2 N–H and O–H groups in total. The van der Waals surface area contributed by atoms with Crippen molar-refractivity contribution in [2.45, 2.75) is 20.4 Å². The molecule has 0 spiro atoms. The number of hydrogen-bond donors (Lipinski definition) is 2. The first-order valence-corrected chi connectivity index (χ1v) is 9.81. The molecule has 1 aliphatic rings. The van der Waals surface area contributed by atoms with E-state index in [9.17, 15) is 14.4 Å². The van der Waals surface area contributed by atoms with E-state index in [1.54, 1.807) is 44.4 Å². The number of carbonyl (C=O) groups excluding carboxylic acids is 3. The second-order valence-electron chi connectivity index (χ2n) is 7.34. The van der Waals surface area contributed by atoms with Crippen LogP contribution in [0.25, 0.3) is 0 Å². The van der Waals surface area contributed by atoms with Gasteiger partial charge in [0.05, 0.1) is 6.54 Å². The van der Waals surface area contributed by atoms with E-state index in [4.69, 9.17) is 5.21 Å². The monoisotopic (exact) mass is 410 g/mol. The molecule has 0 aliphatic carbocycles. The van der Waals surface area contributed by atoms with Crippen LogP contribution in [0, 0.1) is 6.92 Å². The molecular formula is C22H26N4O4. The van der Waals surface area contributed by atoms with Gasteiger partial charge >= 0.3 is 6.03 Å². The summed E-state index contributed by atoms with van der Waals surface area (Å²) in [6.07, 6.45) is 0. The highest BCUT2D eigenvalue weighted by atomic mass is 16.5. The zero-order valence-corrected chi connectivity index (χ0v) is 17.2. The molecule has 0 aromatic heterocycles. The van der Waals surface area contributed by atoms with E-state index in [1.165, 1.54) is 6.92 Å². The number of piperazine rings is 1. The lowest BCUT2D eigenvalue weighted by molar-refractivity contribution is -0.130. The van der Waals surface area contributed by atoms with Crippen molar-refractivity contribution >= 4 is 23.5 Å². The Morgan fingerprint density at radius 3 is 2.20 bits per heavy atom. The smallest absolute Gasteiger partial charge is 0.324 e. The molecular weight excluding hydrogens is 384 g/mol. The van der Waals surface area contributed by atoms with E-state index < -0.39 is 5.91 Å². The Morgan fingerprint density at radius 2 is 1.63 bits per heavy atom. The van der Waals surface area contributed by atoms with Crippen LogP contribution in [0.4, 0.5) is 10.5 Å². The first-order valence-electron chi connectivity index (χ1n) is 9.81. The quantitative estimate of drug-likeness (QED) is 0.598. The fourth-order valence-electron chi connectivity index (χ4n) is 3.46. The van der Waals surface area contributed by atoms with Gasteiger partial charge in [0.15, 0.2) is 0 Å². The van der Waals surface area contributed by atoms with Crippen LogP contribution in [0.1, 0.15) is 28.4 Å². The lowest BCUT2D eigenvalue weighted by atomic mass is 10.1. The van der Waals surface area contributed by atoms with E-state index in [0.29, 0.717) is 38.3 Å². The Labute approximate surface area is 175 Å². The molecule has 0 saturated carbocycles. The van der Waals surface area contributed by atoms with Crippen LogP contribution >= 0.6 is 0 Å². The molecule has 1 saturated heterocycles. The van der Waals surface area contributed by atoms with Gasteiger partial charge in [-0.3, -0.25) is 19.7 Å². The number of rotatable bonds is 4. The lowest BCUT2D eigenvalue weighted by Crippen LogP contribution is -2.53. The summed E-state index contributed by atoms with van der Waals surface area (Å²) in [5, 5.41) is 8.77. The number of carbonyl (C=O) groups is 3. The highest BCUT2D eigenvalue weighted by Crippen LogP contribution is 2.22. The predicted molar refractivity (Wildman–Crippen MR) is 112 cm³/mol. The molecule has 158 valence electrons. The van der Waals surface area contributed by atoms with Crippen molar-refractivity contribution in [1.82, 2.24) is 15.3 Å². The molecule has 4 amide bonds. The maximum absolute atomic E-state index is 13.4. The molecule has 8 nitrogen and oxygen atoms in total. The van der Waals surface area contributed by atoms with Gasteiger partial charge in [-0.15, -0.1) is 0 Å². The highest BCUT2D eigenvalue weighted by molar-refractivity contribution is 5.94. The Morgan fingerprint density at radius 1 is 1.00 bits per heavy atom.